The summed E-state index contributed by atoms with van der Waals surface area (Å²) in [5.41, 5.74) is 0.621. The molecule has 104 valence electrons. The third-order valence-corrected chi connectivity index (χ3v) is 3.22. The predicted octanol–water partition coefficient (Wildman–Crippen LogP) is 2.21. The van der Waals surface area contributed by atoms with E-state index in [4.69, 9.17) is 4.74 Å². The van der Waals surface area contributed by atoms with Crippen LogP contribution in [-0.2, 0) is 0 Å². The summed E-state index contributed by atoms with van der Waals surface area (Å²) in [6.45, 7) is 4.86. The van der Waals surface area contributed by atoms with Crippen LogP contribution in [-0.4, -0.2) is 28.6 Å². The van der Waals surface area contributed by atoms with Crippen molar-refractivity contribution in [1.29, 1.82) is 0 Å². The fourth-order valence-electron chi connectivity index (χ4n) is 2.11. The van der Waals surface area contributed by atoms with Crippen molar-refractivity contribution in [2.24, 2.45) is 0 Å². The molecule has 0 bridgehead atoms. The van der Waals surface area contributed by atoms with E-state index in [9.17, 15) is 10.1 Å². The quantitative estimate of drug-likeness (QED) is 0.630. The monoisotopic (exact) mass is 265 g/mol. The molecule has 0 saturated heterocycles. The van der Waals surface area contributed by atoms with Crippen LogP contribution in [0.25, 0.3) is 0 Å². The lowest BCUT2D eigenvalue weighted by Gasteiger charge is -2.35. The maximum absolute atomic E-state index is 10.9. The van der Waals surface area contributed by atoms with Gasteiger partial charge in [-0.1, -0.05) is 6.92 Å². The van der Waals surface area contributed by atoms with Gasteiger partial charge in [0.25, 0.3) is 0 Å². The zero-order valence-corrected chi connectivity index (χ0v) is 11.3. The molecule has 1 saturated carbocycles. The van der Waals surface area contributed by atoms with Crippen LogP contribution in [0, 0.1) is 17.0 Å². The van der Waals surface area contributed by atoms with Gasteiger partial charge >= 0.3 is 5.82 Å². The lowest BCUT2D eigenvalue weighted by Crippen LogP contribution is -2.47. The highest BCUT2D eigenvalue weighted by Gasteiger charge is 2.32. The Bertz CT molecular complexity index is 458. The number of hydrogen-bond acceptors (Lipinski definition) is 5. The first kappa shape index (κ1) is 13.7. The molecule has 1 aliphatic carbocycles. The number of nitrogens with one attached hydrogen (secondary N) is 1. The van der Waals surface area contributed by atoms with E-state index in [1.165, 1.54) is 0 Å². The number of nitro groups is 1. The van der Waals surface area contributed by atoms with E-state index in [1.54, 1.807) is 19.1 Å². The van der Waals surface area contributed by atoms with Crippen LogP contribution in [0.3, 0.4) is 0 Å². The molecule has 1 N–H and O–H groups in total. The topological polar surface area (TPSA) is 77.3 Å². The van der Waals surface area contributed by atoms with E-state index in [-0.39, 0.29) is 17.7 Å². The third-order valence-electron chi connectivity index (χ3n) is 3.22. The zero-order chi connectivity index (χ0) is 13.8. The van der Waals surface area contributed by atoms with Crippen LogP contribution in [0.15, 0.2) is 12.1 Å². The minimum Gasteiger partial charge on any atom is -0.482 e. The average molecular weight is 265 g/mol. The Labute approximate surface area is 112 Å². The summed E-state index contributed by atoms with van der Waals surface area (Å²) >= 11 is 0. The van der Waals surface area contributed by atoms with Crippen LogP contribution < -0.4 is 10.1 Å². The maximum Gasteiger partial charge on any atom is 0.406 e. The largest absolute Gasteiger partial charge is 0.482 e. The molecule has 0 unspecified atom stereocenters. The molecule has 6 heteroatoms. The van der Waals surface area contributed by atoms with Crippen molar-refractivity contribution in [1.82, 2.24) is 10.3 Å². The van der Waals surface area contributed by atoms with Crippen LogP contribution in [0.4, 0.5) is 5.82 Å². The van der Waals surface area contributed by atoms with Gasteiger partial charge in [0.15, 0.2) is 0 Å². The Morgan fingerprint density at radius 1 is 1.53 bits per heavy atom. The number of pyridine rings is 1. The molecule has 1 aromatic heterocycles. The standard InChI is InChI=1S/C13H19N3O3/c1-3-6-14-10-7-11(8-10)19-12-5-4-9(2)15-13(12)16(17)18/h4-5,10-11,14H,3,6-8H2,1-2H3. The molecule has 6 nitrogen and oxygen atoms in total. The van der Waals surface area contributed by atoms with E-state index >= 15 is 0 Å². The molecule has 19 heavy (non-hydrogen) atoms. The summed E-state index contributed by atoms with van der Waals surface area (Å²) in [5.74, 6) is 0.0829. The van der Waals surface area contributed by atoms with Gasteiger partial charge in [-0.15, -0.1) is 0 Å². The SMILES string of the molecule is CCCNC1CC(Oc2ccc(C)nc2[N+](=O)[O-])C1. The normalized spacial score (nSPS) is 21.8. The molecule has 2 rings (SSSR count). The van der Waals surface area contributed by atoms with Crippen LogP contribution >= 0.6 is 0 Å². The minimum atomic E-state index is -0.492. The van der Waals surface area contributed by atoms with Gasteiger partial charge in [-0.3, -0.25) is 0 Å². The summed E-state index contributed by atoms with van der Waals surface area (Å²) in [4.78, 5) is 14.3. The second-order valence-electron chi connectivity index (χ2n) is 4.89. The van der Waals surface area contributed by atoms with E-state index in [1.807, 2.05) is 0 Å². The maximum atomic E-state index is 10.9. The van der Waals surface area contributed by atoms with Gasteiger partial charge in [-0.2, -0.15) is 0 Å². The highest BCUT2D eigenvalue weighted by Crippen LogP contribution is 2.31. The highest BCUT2D eigenvalue weighted by atomic mass is 16.6. The summed E-state index contributed by atoms with van der Waals surface area (Å²) < 4.78 is 5.66. The first-order valence-electron chi connectivity index (χ1n) is 6.62. The molecule has 0 spiro atoms. The van der Waals surface area contributed by atoms with E-state index in [0.717, 1.165) is 25.8 Å². The molecule has 1 heterocycles. The summed E-state index contributed by atoms with van der Waals surface area (Å²) in [6.07, 6.45) is 2.95. The van der Waals surface area contributed by atoms with Crippen molar-refractivity contribution in [3.05, 3.63) is 27.9 Å². The number of aryl methyl sites for hydroxylation is 1. The molecule has 0 radical (unpaired) electrons. The predicted molar refractivity (Wildman–Crippen MR) is 71.4 cm³/mol. The zero-order valence-electron chi connectivity index (χ0n) is 11.3. The van der Waals surface area contributed by atoms with Crippen molar-refractivity contribution in [2.45, 2.75) is 45.3 Å². The fourth-order valence-corrected chi connectivity index (χ4v) is 2.11. The highest BCUT2D eigenvalue weighted by molar-refractivity contribution is 5.40. The first-order chi connectivity index (χ1) is 9.10. The van der Waals surface area contributed by atoms with Gasteiger partial charge < -0.3 is 20.2 Å². The number of nitrogens with zero attached hydrogens (tertiary/aromatic N) is 2. The second-order valence-corrected chi connectivity index (χ2v) is 4.89. The molecular weight excluding hydrogens is 246 g/mol. The Morgan fingerprint density at radius 3 is 2.89 bits per heavy atom. The van der Waals surface area contributed by atoms with Gasteiger partial charge in [-0.05, 0) is 47.8 Å². The lowest BCUT2D eigenvalue weighted by molar-refractivity contribution is -0.390. The second kappa shape index (κ2) is 5.97. The third kappa shape index (κ3) is 3.41. The van der Waals surface area contributed by atoms with Crippen molar-refractivity contribution in [2.75, 3.05) is 6.54 Å². The van der Waals surface area contributed by atoms with Gasteiger partial charge in [0, 0.05) is 13.0 Å². The summed E-state index contributed by atoms with van der Waals surface area (Å²) in [6, 6.07) is 3.84. The summed E-state index contributed by atoms with van der Waals surface area (Å²) in [5, 5.41) is 14.3. The molecule has 1 aliphatic rings. The van der Waals surface area contributed by atoms with E-state index in [0.29, 0.717) is 11.7 Å². The molecule has 0 aromatic carbocycles. The van der Waals surface area contributed by atoms with Crippen molar-refractivity contribution in [3.8, 4) is 5.75 Å². The van der Waals surface area contributed by atoms with Gasteiger partial charge in [0.2, 0.25) is 5.75 Å². The Balaban J connectivity index is 1.92. The Morgan fingerprint density at radius 2 is 2.26 bits per heavy atom. The molecular formula is C13H19N3O3. The van der Waals surface area contributed by atoms with Crippen molar-refractivity contribution >= 4 is 5.82 Å². The smallest absolute Gasteiger partial charge is 0.406 e. The average Bonchev–Trinajstić information content (AvgIpc) is 2.33. The van der Waals surface area contributed by atoms with Gasteiger partial charge in [-0.25, -0.2) is 0 Å². The molecule has 0 amide bonds. The first-order valence-corrected chi connectivity index (χ1v) is 6.62. The van der Waals surface area contributed by atoms with Gasteiger partial charge in [0.05, 0.1) is 0 Å². The minimum absolute atomic E-state index is 0.0533. The fraction of sp³-hybridized carbons (Fsp3) is 0.615. The van der Waals surface area contributed by atoms with Crippen molar-refractivity contribution < 1.29 is 9.66 Å². The van der Waals surface area contributed by atoms with E-state index in [2.05, 4.69) is 17.2 Å². The molecule has 1 aromatic rings. The number of aromatic nitrogens is 1. The van der Waals surface area contributed by atoms with Gasteiger partial charge in [0.1, 0.15) is 11.8 Å². The number of rotatable bonds is 6. The summed E-state index contributed by atoms with van der Waals surface area (Å²) in [7, 11) is 0. The molecule has 0 aliphatic heterocycles. The number of hydrogen-bond donors (Lipinski definition) is 1. The lowest BCUT2D eigenvalue weighted by atomic mass is 9.89. The van der Waals surface area contributed by atoms with E-state index < -0.39 is 4.92 Å². The van der Waals surface area contributed by atoms with Crippen LogP contribution in [0.5, 0.6) is 5.75 Å². The number of ether oxygens (including phenoxy) is 1. The van der Waals surface area contributed by atoms with Crippen molar-refractivity contribution in [3.63, 3.8) is 0 Å². The molecule has 0 atom stereocenters. The molecule has 1 fully saturated rings. The van der Waals surface area contributed by atoms with Crippen LogP contribution in [0.1, 0.15) is 31.9 Å². The Hall–Kier alpha value is -1.69. The van der Waals surface area contributed by atoms with Crippen LogP contribution in [0.2, 0.25) is 0 Å². The Kier molecular flexibility index (Phi) is 4.31.